The summed E-state index contributed by atoms with van der Waals surface area (Å²) in [5.41, 5.74) is 0. The largest absolute Gasteiger partial charge is 0.466 e. The summed E-state index contributed by atoms with van der Waals surface area (Å²) >= 11 is 0. The van der Waals surface area contributed by atoms with Crippen LogP contribution in [-0.2, 0) is 14.3 Å². The molecule has 0 radical (unpaired) electrons. The van der Waals surface area contributed by atoms with Crippen molar-refractivity contribution in [3.63, 3.8) is 0 Å². The molecule has 0 bridgehead atoms. The molecule has 0 aromatic heterocycles. The number of hydrogen-bond acceptors (Lipinski definition) is 5. The summed E-state index contributed by atoms with van der Waals surface area (Å²) in [7, 11) is 0. The Morgan fingerprint density at radius 3 is 1.08 bits per heavy atom. The Kier molecular flexibility index (Phi) is 54.5. The molecule has 0 saturated heterocycles. The van der Waals surface area contributed by atoms with E-state index in [1.807, 2.05) is 6.08 Å². The van der Waals surface area contributed by atoms with Gasteiger partial charge in [-0.3, -0.25) is 9.59 Å². The molecular formula is C60H115NO5. The highest BCUT2D eigenvalue weighted by molar-refractivity contribution is 5.76. The second-order valence-electron chi connectivity index (χ2n) is 20.3. The fourth-order valence-corrected chi connectivity index (χ4v) is 9.16. The van der Waals surface area contributed by atoms with Gasteiger partial charge in [-0.15, -0.1) is 0 Å². The molecule has 6 heteroatoms. The second kappa shape index (κ2) is 55.9. The summed E-state index contributed by atoms with van der Waals surface area (Å²) in [5, 5.41) is 22.9. The van der Waals surface area contributed by atoms with Crippen LogP contribution < -0.4 is 5.32 Å². The summed E-state index contributed by atoms with van der Waals surface area (Å²) in [6, 6.07) is -0.624. The van der Waals surface area contributed by atoms with Crippen molar-refractivity contribution in [2.24, 2.45) is 0 Å². The van der Waals surface area contributed by atoms with Crippen molar-refractivity contribution in [2.45, 2.75) is 334 Å². The molecule has 0 aromatic carbocycles. The minimum Gasteiger partial charge on any atom is -0.466 e. The fraction of sp³-hybridized carbons (Fsp3) is 0.900. The van der Waals surface area contributed by atoms with Gasteiger partial charge in [-0.25, -0.2) is 0 Å². The first-order chi connectivity index (χ1) is 32.5. The molecule has 2 atom stereocenters. The van der Waals surface area contributed by atoms with E-state index in [-0.39, 0.29) is 18.5 Å². The Balaban J connectivity index is 3.34. The zero-order valence-corrected chi connectivity index (χ0v) is 44.4. The molecule has 0 heterocycles. The minimum atomic E-state index is -0.840. The maximum atomic E-state index is 12.4. The van der Waals surface area contributed by atoms with Crippen LogP contribution in [-0.4, -0.2) is 47.4 Å². The molecular weight excluding hydrogens is 815 g/mol. The van der Waals surface area contributed by atoms with E-state index in [2.05, 4.69) is 31.3 Å². The molecule has 66 heavy (non-hydrogen) atoms. The van der Waals surface area contributed by atoms with Crippen LogP contribution in [0, 0.1) is 0 Å². The van der Waals surface area contributed by atoms with Crippen LogP contribution in [0.3, 0.4) is 0 Å². The first kappa shape index (κ1) is 64.3. The zero-order chi connectivity index (χ0) is 47.9. The van der Waals surface area contributed by atoms with E-state index in [1.54, 1.807) is 6.08 Å². The number of allylic oxidation sites excluding steroid dienone is 3. The fourth-order valence-electron chi connectivity index (χ4n) is 9.16. The van der Waals surface area contributed by atoms with Crippen LogP contribution in [0.25, 0.3) is 0 Å². The molecule has 6 nitrogen and oxygen atoms in total. The van der Waals surface area contributed by atoms with Crippen molar-refractivity contribution in [3.8, 4) is 0 Å². The highest BCUT2D eigenvalue weighted by Gasteiger charge is 2.18. The molecule has 0 aliphatic rings. The quantitative estimate of drug-likeness (QED) is 0.0321. The lowest BCUT2D eigenvalue weighted by Crippen LogP contribution is -2.45. The molecule has 1 amide bonds. The van der Waals surface area contributed by atoms with E-state index >= 15 is 0 Å². The van der Waals surface area contributed by atoms with Gasteiger partial charge in [-0.1, -0.05) is 276 Å². The third kappa shape index (κ3) is 51.7. The summed E-state index contributed by atoms with van der Waals surface area (Å²) in [4.78, 5) is 24.4. The van der Waals surface area contributed by atoms with Gasteiger partial charge in [0.05, 0.1) is 25.4 Å². The van der Waals surface area contributed by atoms with Crippen LogP contribution in [0.1, 0.15) is 322 Å². The highest BCUT2D eigenvalue weighted by atomic mass is 16.5. The highest BCUT2D eigenvalue weighted by Crippen LogP contribution is 2.17. The van der Waals surface area contributed by atoms with Gasteiger partial charge in [-0.05, 0) is 57.8 Å². The number of rotatable bonds is 55. The smallest absolute Gasteiger partial charge is 0.305 e. The Labute approximate surface area is 411 Å². The number of esters is 1. The molecule has 0 aromatic rings. The van der Waals surface area contributed by atoms with Crippen LogP contribution in [0.5, 0.6) is 0 Å². The molecule has 0 saturated carbocycles. The van der Waals surface area contributed by atoms with Gasteiger partial charge >= 0.3 is 5.97 Å². The Bertz CT molecular complexity index is 1030. The van der Waals surface area contributed by atoms with Crippen LogP contribution in [0.4, 0.5) is 0 Å². The SMILES string of the molecule is CCCCCCCC/C=C\CCCCCCCC(=O)OCCCCCCCCCCCCCCCCCCCCCCCCCCCC(=O)NC(CO)C(O)/C=C/CCCCCCCCC. The summed E-state index contributed by atoms with van der Waals surface area (Å²) in [6.45, 7) is 4.88. The average Bonchev–Trinajstić information content (AvgIpc) is 3.32. The first-order valence-electron chi connectivity index (χ1n) is 29.6. The number of hydrogen-bond donors (Lipinski definition) is 3. The molecule has 3 N–H and O–H groups in total. The number of nitrogens with one attached hydrogen (secondary N) is 1. The topological polar surface area (TPSA) is 95.9 Å². The van der Waals surface area contributed by atoms with E-state index in [4.69, 9.17) is 4.74 Å². The normalized spacial score (nSPS) is 12.7. The van der Waals surface area contributed by atoms with Gasteiger partial charge in [0.15, 0.2) is 0 Å². The maximum Gasteiger partial charge on any atom is 0.305 e. The predicted octanol–water partition coefficient (Wildman–Crippen LogP) is 18.2. The summed E-state index contributed by atoms with van der Waals surface area (Å²) in [5.74, 6) is -0.0604. The van der Waals surface area contributed by atoms with Crippen molar-refractivity contribution in [3.05, 3.63) is 24.3 Å². The summed E-state index contributed by atoms with van der Waals surface area (Å²) in [6.07, 6.45) is 68.0. The lowest BCUT2D eigenvalue weighted by Gasteiger charge is -2.20. The number of aliphatic hydroxyl groups is 2. The number of unbranched alkanes of at least 4 members (excludes halogenated alkanes) is 42. The standard InChI is InChI=1S/C60H115NO5/c1-3-5-7-9-11-13-14-15-27-31-34-38-42-46-50-54-60(65)66-55-51-47-43-39-35-32-29-26-24-22-20-18-16-17-19-21-23-25-28-30-33-37-41-45-49-53-59(64)61-57(56-62)58(63)52-48-44-40-36-12-10-8-6-4-2/h15,27,48,52,57-58,62-63H,3-14,16-26,28-47,49-51,53-56H2,1-2H3,(H,61,64)/b27-15-,52-48+. The molecule has 0 spiro atoms. The monoisotopic (exact) mass is 930 g/mol. The Morgan fingerprint density at radius 1 is 0.409 bits per heavy atom. The lowest BCUT2D eigenvalue weighted by molar-refractivity contribution is -0.143. The molecule has 0 rings (SSSR count). The Hall–Kier alpha value is -1.66. The van der Waals surface area contributed by atoms with E-state index in [1.165, 1.54) is 250 Å². The lowest BCUT2D eigenvalue weighted by atomic mass is 10.0. The third-order valence-corrected chi connectivity index (χ3v) is 13.7. The van der Waals surface area contributed by atoms with Crippen LogP contribution in [0.15, 0.2) is 24.3 Å². The van der Waals surface area contributed by atoms with Gasteiger partial charge in [0.1, 0.15) is 0 Å². The van der Waals surface area contributed by atoms with E-state index in [0.717, 1.165) is 44.9 Å². The number of ether oxygens (including phenoxy) is 1. The second-order valence-corrected chi connectivity index (χ2v) is 20.3. The van der Waals surface area contributed by atoms with Crippen molar-refractivity contribution >= 4 is 11.9 Å². The number of amides is 1. The van der Waals surface area contributed by atoms with Crippen molar-refractivity contribution in [1.29, 1.82) is 0 Å². The molecule has 2 unspecified atom stereocenters. The number of aliphatic hydroxyl groups excluding tert-OH is 2. The zero-order valence-electron chi connectivity index (χ0n) is 44.4. The number of carbonyl (C=O) groups is 2. The van der Waals surface area contributed by atoms with E-state index in [9.17, 15) is 19.8 Å². The molecule has 0 fully saturated rings. The predicted molar refractivity (Wildman–Crippen MR) is 287 cm³/mol. The summed E-state index contributed by atoms with van der Waals surface area (Å²) < 4.78 is 5.48. The minimum absolute atomic E-state index is 0.00794. The Morgan fingerprint density at radius 2 is 0.712 bits per heavy atom. The maximum absolute atomic E-state index is 12.4. The van der Waals surface area contributed by atoms with Gasteiger partial charge < -0.3 is 20.3 Å². The molecule has 0 aliphatic heterocycles. The first-order valence-corrected chi connectivity index (χ1v) is 29.6. The van der Waals surface area contributed by atoms with E-state index < -0.39 is 12.1 Å². The van der Waals surface area contributed by atoms with Crippen molar-refractivity contribution in [2.75, 3.05) is 13.2 Å². The van der Waals surface area contributed by atoms with E-state index in [0.29, 0.717) is 19.4 Å². The average molecular weight is 931 g/mol. The van der Waals surface area contributed by atoms with Crippen LogP contribution >= 0.6 is 0 Å². The molecule has 390 valence electrons. The van der Waals surface area contributed by atoms with Gasteiger partial charge in [0.2, 0.25) is 5.91 Å². The van der Waals surface area contributed by atoms with Crippen molar-refractivity contribution in [1.82, 2.24) is 5.32 Å². The van der Waals surface area contributed by atoms with Gasteiger partial charge in [-0.2, -0.15) is 0 Å². The van der Waals surface area contributed by atoms with Gasteiger partial charge in [0, 0.05) is 12.8 Å². The van der Waals surface area contributed by atoms with Crippen LogP contribution in [0.2, 0.25) is 0 Å². The number of carbonyl (C=O) groups excluding carboxylic acids is 2. The van der Waals surface area contributed by atoms with Crippen molar-refractivity contribution < 1.29 is 24.5 Å². The van der Waals surface area contributed by atoms with Gasteiger partial charge in [0.25, 0.3) is 0 Å². The molecule has 0 aliphatic carbocycles. The third-order valence-electron chi connectivity index (χ3n) is 13.7.